The quantitative estimate of drug-likeness (QED) is 0.409. The fourth-order valence-electron chi connectivity index (χ4n) is 3.58. The highest BCUT2D eigenvalue weighted by atomic mass is 32.1. The van der Waals surface area contributed by atoms with Gasteiger partial charge in [-0.05, 0) is 48.6 Å². The lowest BCUT2D eigenvalue weighted by Gasteiger charge is -2.22. The van der Waals surface area contributed by atoms with Crippen molar-refractivity contribution < 1.29 is 24.2 Å². The Morgan fingerprint density at radius 3 is 2.18 bits per heavy atom. The molecule has 33 heavy (non-hydrogen) atoms. The van der Waals surface area contributed by atoms with E-state index in [2.05, 4.69) is 5.32 Å². The highest BCUT2D eigenvalue weighted by Crippen LogP contribution is 2.22. The number of rotatable bonds is 10. The molecule has 2 aromatic carbocycles. The highest BCUT2D eigenvalue weighted by Gasteiger charge is 2.23. The maximum Gasteiger partial charge on any atom is 0.345 e. The number of hydrogen-bond donors (Lipinski definition) is 2. The molecule has 2 N–H and O–H groups in total. The highest BCUT2D eigenvalue weighted by molar-refractivity contribution is 7.15. The second-order valence-electron chi connectivity index (χ2n) is 7.80. The first-order valence-electron chi connectivity index (χ1n) is 10.8. The van der Waals surface area contributed by atoms with Gasteiger partial charge in [0.25, 0.3) is 5.91 Å². The molecule has 2 atom stereocenters. The number of ether oxygens (including phenoxy) is 1. The van der Waals surface area contributed by atoms with Crippen molar-refractivity contribution in [3.05, 3.63) is 82.0 Å². The topological polar surface area (TPSA) is 92.7 Å². The molecule has 7 heteroatoms. The molecule has 0 aliphatic heterocycles. The number of esters is 1. The van der Waals surface area contributed by atoms with Crippen LogP contribution in [0.2, 0.25) is 0 Å². The lowest BCUT2D eigenvalue weighted by Crippen LogP contribution is -2.38. The van der Waals surface area contributed by atoms with Crippen LogP contribution >= 0.6 is 11.3 Å². The molecule has 172 valence electrons. The van der Waals surface area contributed by atoms with Gasteiger partial charge in [-0.3, -0.25) is 9.59 Å². The van der Waals surface area contributed by atoms with Gasteiger partial charge in [-0.25, -0.2) is 4.79 Å². The van der Waals surface area contributed by atoms with E-state index >= 15 is 0 Å². The molecule has 0 spiro atoms. The molecule has 0 aliphatic carbocycles. The van der Waals surface area contributed by atoms with Crippen molar-refractivity contribution in [3.8, 4) is 11.1 Å². The predicted octanol–water partition coefficient (Wildman–Crippen LogP) is 5.04. The number of nitrogens with one attached hydrogen (secondary N) is 1. The van der Waals surface area contributed by atoms with Crippen LogP contribution in [-0.2, 0) is 16.0 Å². The number of carbonyl (C=O) groups excluding carboxylic acids is 2. The first-order chi connectivity index (χ1) is 15.9. The Balaban J connectivity index is 1.75. The Morgan fingerprint density at radius 2 is 1.58 bits per heavy atom. The van der Waals surface area contributed by atoms with E-state index in [0.29, 0.717) is 24.3 Å². The van der Waals surface area contributed by atoms with Gasteiger partial charge in [0, 0.05) is 6.04 Å². The van der Waals surface area contributed by atoms with Crippen LogP contribution in [0.4, 0.5) is 0 Å². The first kappa shape index (κ1) is 24.2. The molecule has 1 amide bonds. The fourth-order valence-corrected chi connectivity index (χ4v) is 4.33. The second kappa shape index (κ2) is 11.4. The molecular weight excluding hydrogens is 438 g/mol. The first-order valence-corrected chi connectivity index (χ1v) is 11.6. The summed E-state index contributed by atoms with van der Waals surface area (Å²) >= 11 is 0.927. The Labute approximate surface area is 197 Å². The maximum atomic E-state index is 12.8. The van der Waals surface area contributed by atoms with E-state index in [-0.39, 0.29) is 22.8 Å². The van der Waals surface area contributed by atoms with Crippen molar-refractivity contribution >= 4 is 29.2 Å². The van der Waals surface area contributed by atoms with Gasteiger partial charge in [-0.15, -0.1) is 11.3 Å². The summed E-state index contributed by atoms with van der Waals surface area (Å²) < 4.78 is 5.12. The molecule has 0 radical (unpaired) electrons. The minimum Gasteiger partial charge on any atom is -0.477 e. The van der Waals surface area contributed by atoms with Gasteiger partial charge in [0.05, 0.1) is 17.4 Å². The number of hydrogen-bond acceptors (Lipinski definition) is 5. The molecule has 0 saturated heterocycles. The molecule has 0 bridgehead atoms. The van der Waals surface area contributed by atoms with E-state index in [0.717, 1.165) is 28.0 Å². The summed E-state index contributed by atoms with van der Waals surface area (Å²) in [6.45, 7) is 3.84. The molecular formula is C26H27NO5S. The normalized spacial score (nSPS) is 12.5. The van der Waals surface area contributed by atoms with Crippen LogP contribution in [-0.4, -0.2) is 35.6 Å². The van der Waals surface area contributed by atoms with E-state index in [1.54, 1.807) is 13.8 Å². The third-order valence-electron chi connectivity index (χ3n) is 5.25. The molecule has 0 saturated carbocycles. The zero-order valence-corrected chi connectivity index (χ0v) is 19.4. The fraction of sp³-hybridized carbons (Fsp3) is 0.269. The number of carboxylic acid groups (broad SMARTS) is 1. The van der Waals surface area contributed by atoms with E-state index < -0.39 is 11.9 Å². The second-order valence-corrected chi connectivity index (χ2v) is 8.88. The number of carbonyl (C=O) groups is 3. The van der Waals surface area contributed by atoms with Crippen LogP contribution < -0.4 is 5.32 Å². The third kappa shape index (κ3) is 6.76. The molecule has 3 rings (SSSR count). The maximum absolute atomic E-state index is 12.8. The van der Waals surface area contributed by atoms with Gasteiger partial charge < -0.3 is 15.2 Å². The summed E-state index contributed by atoms with van der Waals surface area (Å²) in [5.74, 6) is -2.11. The third-order valence-corrected chi connectivity index (χ3v) is 6.32. The number of carboxylic acids is 1. The molecule has 6 nitrogen and oxygen atoms in total. The predicted molar refractivity (Wildman–Crippen MR) is 129 cm³/mol. The van der Waals surface area contributed by atoms with Gasteiger partial charge in [0.1, 0.15) is 4.88 Å². The summed E-state index contributed by atoms with van der Waals surface area (Å²) in [5, 5.41) is 12.1. The Kier molecular flexibility index (Phi) is 8.38. The van der Waals surface area contributed by atoms with Gasteiger partial charge >= 0.3 is 11.9 Å². The van der Waals surface area contributed by atoms with Crippen molar-refractivity contribution in [3.63, 3.8) is 0 Å². The summed E-state index contributed by atoms with van der Waals surface area (Å²) in [4.78, 5) is 36.5. The van der Waals surface area contributed by atoms with Gasteiger partial charge in [-0.2, -0.15) is 0 Å². The molecule has 1 aromatic heterocycles. The molecule has 1 heterocycles. The Hall–Kier alpha value is -3.45. The average Bonchev–Trinajstić information content (AvgIpc) is 3.31. The molecule has 1 unspecified atom stereocenters. The van der Waals surface area contributed by atoms with E-state index in [9.17, 15) is 14.4 Å². The van der Waals surface area contributed by atoms with Crippen LogP contribution in [0.3, 0.4) is 0 Å². The van der Waals surface area contributed by atoms with Crippen LogP contribution in [0.25, 0.3) is 11.1 Å². The lowest BCUT2D eigenvalue weighted by atomic mass is 9.95. The zero-order chi connectivity index (χ0) is 23.8. The number of amides is 1. The molecule has 0 aliphatic rings. The van der Waals surface area contributed by atoms with E-state index in [4.69, 9.17) is 9.84 Å². The standard InChI is InChI=1S/C26H27NO5S/c1-3-32-26(31)17(2)15-21(27-24(28)22-13-14-23(33-22)25(29)30)16-18-9-11-20(12-10-18)19-7-5-4-6-8-19/h4-14,17,21H,3,15-16H2,1-2H3,(H,27,28)(H,29,30)/t17-,21?/m1/s1. The largest absolute Gasteiger partial charge is 0.477 e. The average molecular weight is 466 g/mol. The van der Waals surface area contributed by atoms with Crippen LogP contribution in [0.1, 0.15) is 45.2 Å². The SMILES string of the molecule is CCOC(=O)[C@H](C)CC(Cc1ccc(-c2ccccc2)cc1)NC(=O)c1ccc(C(=O)O)s1. The molecule has 0 fully saturated rings. The van der Waals surface area contributed by atoms with Gasteiger partial charge in [0.15, 0.2) is 0 Å². The van der Waals surface area contributed by atoms with Gasteiger partial charge in [0.2, 0.25) is 0 Å². The van der Waals surface area contributed by atoms with Crippen LogP contribution in [0.5, 0.6) is 0 Å². The van der Waals surface area contributed by atoms with E-state index in [1.807, 2.05) is 54.6 Å². The van der Waals surface area contributed by atoms with Crippen molar-refractivity contribution in [2.24, 2.45) is 5.92 Å². The number of benzene rings is 2. The Morgan fingerprint density at radius 1 is 0.939 bits per heavy atom. The minimum absolute atomic E-state index is 0.105. The zero-order valence-electron chi connectivity index (χ0n) is 18.6. The number of thiophene rings is 1. The minimum atomic E-state index is -1.06. The van der Waals surface area contributed by atoms with E-state index in [1.165, 1.54) is 12.1 Å². The summed E-state index contributed by atoms with van der Waals surface area (Å²) in [6, 6.07) is 20.8. The van der Waals surface area contributed by atoms with Gasteiger partial charge in [-0.1, -0.05) is 61.5 Å². The van der Waals surface area contributed by atoms with Crippen molar-refractivity contribution in [2.75, 3.05) is 6.61 Å². The van der Waals surface area contributed by atoms with Crippen LogP contribution in [0, 0.1) is 5.92 Å². The lowest BCUT2D eigenvalue weighted by molar-refractivity contribution is -0.147. The van der Waals surface area contributed by atoms with Crippen LogP contribution in [0.15, 0.2) is 66.7 Å². The van der Waals surface area contributed by atoms with Crippen molar-refractivity contribution in [2.45, 2.75) is 32.7 Å². The summed E-state index contributed by atoms with van der Waals surface area (Å²) in [5.41, 5.74) is 3.24. The molecule has 3 aromatic rings. The number of aromatic carboxylic acids is 1. The summed E-state index contributed by atoms with van der Waals surface area (Å²) in [6.07, 6.45) is 0.934. The smallest absolute Gasteiger partial charge is 0.345 e. The van der Waals surface area contributed by atoms with Crippen molar-refractivity contribution in [1.82, 2.24) is 5.32 Å². The monoisotopic (exact) mass is 465 g/mol. The summed E-state index contributed by atoms with van der Waals surface area (Å²) in [7, 11) is 0. The Bertz CT molecular complexity index is 1090. The van der Waals surface area contributed by atoms with Crippen molar-refractivity contribution in [1.29, 1.82) is 0 Å².